The number of aromatic nitrogens is 2. The van der Waals surface area contributed by atoms with Gasteiger partial charge in [0, 0.05) is 19.6 Å². The third-order valence-electron chi connectivity index (χ3n) is 3.24. The molecule has 0 aromatic carbocycles. The van der Waals surface area contributed by atoms with E-state index in [0.29, 0.717) is 12.4 Å². The number of carbonyl (C=O) groups excluding carboxylic acids is 1. The van der Waals surface area contributed by atoms with Crippen molar-refractivity contribution in [3.63, 3.8) is 0 Å². The van der Waals surface area contributed by atoms with E-state index < -0.39 is 5.97 Å². The molecule has 1 aromatic heterocycles. The van der Waals surface area contributed by atoms with Gasteiger partial charge in [0.1, 0.15) is 5.82 Å². The van der Waals surface area contributed by atoms with Gasteiger partial charge in [0.25, 0.3) is 0 Å². The SMILES string of the molecule is CCN1CCOC(CNc2ccc(C(=O)OC)nn2)C1. The van der Waals surface area contributed by atoms with Crippen LogP contribution in [0.3, 0.4) is 0 Å². The average molecular weight is 280 g/mol. The molecule has 0 saturated carbocycles. The number of nitrogens with one attached hydrogen (secondary N) is 1. The molecule has 7 nitrogen and oxygen atoms in total. The first-order valence-electron chi connectivity index (χ1n) is 6.72. The Morgan fingerprint density at radius 1 is 1.55 bits per heavy atom. The van der Waals surface area contributed by atoms with Gasteiger partial charge in [-0.05, 0) is 18.7 Å². The summed E-state index contributed by atoms with van der Waals surface area (Å²) in [5.41, 5.74) is 0.198. The molecule has 2 heterocycles. The maximum Gasteiger partial charge on any atom is 0.358 e. The van der Waals surface area contributed by atoms with Crippen LogP contribution in [0, 0.1) is 0 Å². The molecular formula is C13H20N4O3. The van der Waals surface area contributed by atoms with Crippen LogP contribution in [-0.2, 0) is 9.47 Å². The second-order valence-electron chi connectivity index (χ2n) is 4.56. The second-order valence-corrected chi connectivity index (χ2v) is 4.56. The molecule has 1 saturated heterocycles. The number of esters is 1. The van der Waals surface area contributed by atoms with Gasteiger partial charge in [-0.15, -0.1) is 10.2 Å². The molecule has 110 valence electrons. The number of hydrogen-bond acceptors (Lipinski definition) is 7. The highest BCUT2D eigenvalue weighted by molar-refractivity contribution is 5.86. The summed E-state index contributed by atoms with van der Waals surface area (Å²) < 4.78 is 10.3. The van der Waals surface area contributed by atoms with E-state index in [0.717, 1.165) is 26.2 Å². The van der Waals surface area contributed by atoms with Crippen molar-refractivity contribution in [3.8, 4) is 0 Å². The lowest BCUT2D eigenvalue weighted by molar-refractivity contribution is -0.0192. The molecule has 1 N–H and O–H groups in total. The Balaban J connectivity index is 1.83. The molecule has 1 fully saturated rings. The molecule has 2 rings (SSSR count). The summed E-state index contributed by atoms with van der Waals surface area (Å²) >= 11 is 0. The molecule has 0 bridgehead atoms. The number of hydrogen-bond donors (Lipinski definition) is 1. The van der Waals surface area contributed by atoms with E-state index in [1.807, 2.05) is 0 Å². The minimum Gasteiger partial charge on any atom is -0.464 e. The zero-order valence-corrected chi connectivity index (χ0v) is 11.8. The Hall–Kier alpha value is -1.73. The van der Waals surface area contributed by atoms with Crippen molar-refractivity contribution in [1.29, 1.82) is 0 Å². The molecule has 0 spiro atoms. The van der Waals surface area contributed by atoms with E-state index in [4.69, 9.17) is 4.74 Å². The summed E-state index contributed by atoms with van der Waals surface area (Å²) in [5, 5.41) is 10.9. The number of ether oxygens (including phenoxy) is 2. The maximum atomic E-state index is 11.2. The smallest absolute Gasteiger partial charge is 0.358 e. The molecule has 0 amide bonds. The van der Waals surface area contributed by atoms with Crippen LogP contribution in [0.5, 0.6) is 0 Å². The van der Waals surface area contributed by atoms with Gasteiger partial charge < -0.3 is 14.8 Å². The zero-order valence-electron chi connectivity index (χ0n) is 11.8. The average Bonchev–Trinajstić information content (AvgIpc) is 2.53. The van der Waals surface area contributed by atoms with Crippen molar-refractivity contribution >= 4 is 11.8 Å². The van der Waals surface area contributed by atoms with Crippen LogP contribution in [0.25, 0.3) is 0 Å². The topological polar surface area (TPSA) is 76.6 Å². The van der Waals surface area contributed by atoms with E-state index in [2.05, 4.69) is 32.1 Å². The third kappa shape index (κ3) is 3.88. The third-order valence-corrected chi connectivity index (χ3v) is 3.24. The fourth-order valence-corrected chi connectivity index (χ4v) is 2.05. The summed E-state index contributed by atoms with van der Waals surface area (Å²) in [6.07, 6.45) is 0.144. The fraction of sp³-hybridized carbons (Fsp3) is 0.615. The van der Waals surface area contributed by atoms with Crippen LogP contribution in [0.15, 0.2) is 12.1 Å². The van der Waals surface area contributed by atoms with Crippen molar-refractivity contribution in [2.75, 3.05) is 45.2 Å². The highest BCUT2D eigenvalue weighted by Crippen LogP contribution is 2.07. The van der Waals surface area contributed by atoms with Crippen LogP contribution in [-0.4, -0.2) is 67.1 Å². The van der Waals surface area contributed by atoms with Gasteiger partial charge in [-0.1, -0.05) is 6.92 Å². The minimum atomic E-state index is -0.488. The number of anilines is 1. The maximum absolute atomic E-state index is 11.2. The van der Waals surface area contributed by atoms with Gasteiger partial charge in [0.05, 0.1) is 19.8 Å². The van der Waals surface area contributed by atoms with Crippen molar-refractivity contribution in [2.24, 2.45) is 0 Å². The molecule has 1 aliphatic rings. The molecule has 1 unspecified atom stereocenters. The summed E-state index contributed by atoms with van der Waals surface area (Å²) in [6, 6.07) is 3.29. The first-order chi connectivity index (χ1) is 9.72. The van der Waals surface area contributed by atoms with Gasteiger partial charge in [-0.3, -0.25) is 4.90 Å². The van der Waals surface area contributed by atoms with E-state index in [1.165, 1.54) is 7.11 Å². The van der Waals surface area contributed by atoms with Crippen molar-refractivity contribution in [3.05, 3.63) is 17.8 Å². The molecule has 1 aromatic rings. The lowest BCUT2D eigenvalue weighted by Gasteiger charge is -2.32. The number of likely N-dealkylation sites (N-methyl/N-ethyl adjacent to an activating group) is 1. The zero-order chi connectivity index (χ0) is 14.4. The monoisotopic (exact) mass is 280 g/mol. The number of morpholine rings is 1. The highest BCUT2D eigenvalue weighted by Gasteiger charge is 2.19. The second kappa shape index (κ2) is 7.16. The largest absolute Gasteiger partial charge is 0.464 e. The Kier molecular flexibility index (Phi) is 5.25. The van der Waals surface area contributed by atoms with Gasteiger partial charge >= 0.3 is 5.97 Å². The molecular weight excluding hydrogens is 260 g/mol. The molecule has 0 aliphatic carbocycles. The summed E-state index contributed by atoms with van der Waals surface area (Å²) in [4.78, 5) is 13.6. The van der Waals surface area contributed by atoms with Crippen LogP contribution >= 0.6 is 0 Å². The number of methoxy groups -OCH3 is 1. The van der Waals surface area contributed by atoms with Gasteiger partial charge in [0.15, 0.2) is 5.69 Å². The van der Waals surface area contributed by atoms with E-state index in [1.54, 1.807) is 12.1 Å². The fourth-order valence-electron chi connectivity index (χ4n) is 2.05. The lowest BCUT2D eigenvalue weighted by Crippen LogP contribution is -2.45. The Bertz CT molecular complexity index is 438. The standard InChI is InChI=1S/C13H20N4O3/c1-3-17-6-7-20-10(9-17)8-14-12-5-4-11(15-16-12)13(18)19-2/h4-5,10H,3,6-9H2,1-2H3,(H,14,16). The lowest BCUT2D eigenvalue weighted by atomic mass is 10.2. The Labute approximate surface area is 118 Å². The molecule has 1 aliphatic heterocycles. The van der Waals surface area contributed by atoms with E-state index >= 15 is 0 Å². The summed E-state index contributed by atoms with van der Waals surface area (Å²) in [6.45, 7) is 6.51. The van der Waals surface area contributed by atoms with Crippen molar-refractivity contribution in [2.45, 2.75) is 13.0 Å². The molecule has 1 atom stereocenters. The van der Waals surface area contributed by atoms with Crippen LogP contribution in [0.1, 0.15) is 17.4 Å². The Morgan fingerprint density at radius 2 is 2.40 bits per heavy atom. The quantitative estimate of drug-likeness (QED) is 0.782. The predicted octanol–water partition coefficient (Wildman–Crippen LogP) is 0.396. The van der Waals surface area contributed by atoms with E-state index in [9.17, 15) is 4.79 Å². The van der Waals surface area contributed by atoms with Crippen LogP contribution in [0.2, 0.25) is 0 Å². The normalized spacial score (nSPS) is 19.6. The predicted molar refractivity (Wildman–Crippen MR) is 73.7 cm³/mol. The minimum absolute atomic E-state index is 0.144. The summed E-state index contributed by atoms with van der Waals surface area (Å²) in [5.74, 6) is 0.133. The molecule has 7 heteroatoms. The first kappa shape index (κ1) is 14.7. The first-order valence-corrected chi connectivity index (χ1v) is 6.72. The van der Waals surface area contributed by atoms with Gasteiger partial charge in [0.2, 0.25) is 0 Å². The molecule has 0 radical (unpaired) electrons. The van der Waals surface area contributed by atoms with Crippen LogP contribution in [0.4, 0.5) is 5.82 Å². The van der Waals surface area contributed by atoms with E-state index in [-0.39, 0.29) is 11.8 Å². The van der Waals surface area contributed by atoms with Crippen molar-refractivity contribution < 1.29 is 14.3 Å². The number of carbonyl (C=O) groups is 1. The number of rotatable bonds is 5. The van der Waals surface area contributed by atoms with Gasteiger partial charge in [-0.2, -0.15) is 0 Å². The van der Waals surface area contributed by atoms with Crippen LogP contribution < -0.4 is 5.32 Å². The van der Waals surface area contributed by atoms with Gasteiger partial charge in [-0.25, -0.2) is 4.79 Å². The highest BCUT2D eigenvalue weighted by atomic mass is 16.5. The Morgan fingerprint density at radius 3 is 3.05 bits per heavy atom. The summed E-state index contributed by atoms with van der Waals surface area (Å²) in [7, 11) is 1.32. The molecule has 20 heavy (non-hydrogen) atoms. The van der Waals surface area contributed by atoms with Crippen molar-refractivity contribution in [1.82, 2.24) is 15.1 Å². The number of nitrogens with zero attached hydrogens (tertiary/aromatic N) is 3.